The normalized spacial score (nSPS) is 10.2. The zero-order chi connectivity index (χ0) is 13.5. The third-order valence-corrected chi connectivity index (χ3v) is 2.31. The Morgan fingerprint density at radius 2 is 1.89 bits per heavy atom. The molecule has 0 aliphatic carbocycles. The number of nitrogens with zero attached hydrogens (tertiary/aromatic N) is 1. The lowest BCUT2D eigenvalue weighted by Gasteiger charge is -2.07. The molecule has 0 bridgehead atoms. The molecule has 0 atom stereocenters. The van der Waals surface area contributed by atoms with Gasteiger partial charge in [-0.1, -0.05) is 13.8 Å². The summed E-state index contributed by atoms with van der Waals surface area (Å²) in [5, 5.41) is 4.92. The van der Waals surface area contributed by atoms with Crippen molar-refractivity contribution < 1.29 is 14.2 Å². The Balaban J connectivity index is 2.37. The number of nitrogens with one attached hydrogen (secondary N) is 2. The summed E-state index contributed by atoms with van der Waals surface area (Å²) in [5.41, 5.74) is 1.13. The van der Waals surface area contributed by atoms with Gasteiger partial charge >= 0.3 is 6.03 Å². The first-order valence-electron chi connectivity index (χ1n) is 6.00. The Labute approximate surface area is 107 Å². The van der Waals surface area contributed by atoms with E-state index in [-0.39, 0.29) is 12.5 Å². The molecule has 2 N–H and O–H groups in total. The maximum atomic E-state index is 11.6. The predicted molar refractivity (Wildman–Crippen MR) is 67.8 cm³/mol. The van der Waals surface area contributed by atoms with Gasteiger partial charge in [-0.15, -0.1) is 0 Å². The highest BCUT2D eigenvalue weighted by Gasteiger charge is 2.12. The van der Waals surface area contributed by atoms with Crippen LogP contribution in [0.4, 0.5) is 4.79 Å². The van der Waals surface area contributed by atoms with Crippen molar-refractivity contribution in [2.75, 3.05) is 6.54 Å². The van der Waals surface area contributed by atoms with Crippen molar-refractivity contribution in [3.8, 4) is 0 Å². The number of hydrogen-bond acceptors (Lipinski definition) is 2. The second-order valence-electron chi connectivity index (χ2n) is 4.70. The van der Waals surface area contributed by atoms with Crippen LogP contribution in [0.1, 0.15) is 19.4 Å². The number of carbonyl (C=O) groups is 2. The van der Waals surface area contributed by atoms with Crippen molar-refractivity contribution in [1.29, 1.82) is 0 Å². The number of imide groups is 1. The molecule has 1 heterocycles. The minimum Gasteiger partial charge on any atom is -0.338 e. The number of amides is 3. The molecule has 0 spiro atoms. The first kappa shape index (κ1) is 14.2. The van der Waals surface area contributed by atoms with Crippen molar-refractivity contribution >= 4 is 11.9 Å². The first-order chi connectivity index (χ1) is 8.47. The summed E-state index contributed by atoms with van der Waals surface area (Å²) < 4.78 is 1.72. The van der Waals surface area contributed by atoms with Gasteiger partial charge < -0.3 is 5.32 Å². The average Bonchev–Trinajstić information content (AvgIpc) is 2.29. The molecule has 0 saturated heterocycles. The molecule has 5 heteroatoms. The van der Waals surface area contributed by atoms with Crippen molar-refractivity contribution in [1.82, 2.24) is 10.6 Å². The monoisotopic (exact) mass is 250 g/mol. The van der Waals surface area contributed by atoms with E-state index >= 15 is 0 Å². The van der Waals surface area contributed by atoms with Gasteiger partial charge in [-0.05, 0) is 18.4 Å². The van der Waals surface area contributed by atoms with E-state index in [1.165, 1.54) is 0 Å². The van der Waals surface area contributed by atoms with Crippen LogP contribution >= 0.6 is 0 Å². The Bertz CT molecular complexity index is 413. The van der Waals surface area contributed by atoms with E-state index in [4.69, 9.17) is 0 Å². The molecule has 0 fully saturated rings. The van der Waals surface area contributed by atoms with Crippen molar-refractivity contribution in [3.05, 3.63) is 30.1 Å². The fourth-order valence-corrected chi connectivity index (χ4v) is 1.31. The van der Waals surface area contributed by atoms with Crippen LogP contribution in [0.5, 0.6) is 0 Å². The second kappa shape index (κ2) is 6.74. The first-order valence-corrected chi connectivity index (χ1v) is 6.00. The summed E-state index contributed by atoms with van der Waals surface area (Å²) >= 11 is 0. The Morgan fingerprint density at radius 3 is 2.44 bits per heavy atom. The lowest BCUT2D eigenvalue weighted by atomic mass is 10.2. The number of rotatable bonds is 4. The third kappa shape index (κ3) is 5.43. The summed E-state index contributed by atoms with van der Waals surface area (Å²) in [7, 11) is 0. The van der Waals surface area contributed by atoms with E-state index in [2.05, 4.69) is 10.6 Å². The molecule has 3 amide bonds. The quantitative estimate of drug-likeness (QED) is 0.775. The highest BCUT2D eigenvalue weighted by molar-refractivity contribution is 5.93. The SMILES string of the molecule is Cc1cc[n+](CC(=O)NC(=O)NCC(C)C)cc1. The fourth-order valence-electron chi connectivity index (χ4n) is 1.31. The largest absolute Gasteiger partial charge is 0.338 e. The molecular weight excluding hydrogens is 230 g/mol. The van der Waals surface area contributed by atoms with Gasteiger partial charge in [0.05, 0.1) is 0 Å². The molecule has 0 aliphatic heterocycles. The van der Waals surface area contributed by atoms with Gasteiger partial charge in [0.2, 0.25) is 6.54 Å². The fraction of sp³-hybridized carbons (Fsp3) is 0.462. The van der Waals surface area contributed by atoms with Gasteiger partial charge in [-0.2, -0.15) is 4.57 Å². The van der Waals surface area contributed by atoms with E-state index in [0.717, 1.165) is 5.56 Å². The van der Waals surface area contributed by atoms with E-state index < -0.39 is 6.03 Å². The van der Waals surface area contributed by atoms with Crippen LogP contribution in [0.3, 0.4) is 0 Å². The second-order valence-corrected chi connectivity index (χ2v) is 4.70. The minimum absolute atomic E-state index is 0.134. The molecule has 0 aromatic carbocycles. The summed E-state index contributed by atoms with van der Waals surface area (Å²) in [6.07, 6.45) is 3.61. The van der Waals surface area contributed by atoms with Gasteiger partial charge in [0.1, 0.15) is 0 Å². The lowest BCUT2D eigenvalue weighted by Crippen LogP contribution is -2.47. The number of aryl methyl sites for hydroxylation is 1. The molecule has 0 unspecified atom stereocenters. The average molecular weight is 250 g/mol. The molecule has 18 heavy (non-hydrogen) atoms. The van der Waals surface area contributed by atoms with Crippen LogP contribution < -0.4 is 15.2 Å². The van der Waals surface area contributed by atoms with Crippen molar-refractivity contribution in [2.24, 2.45) is 5.92 Å². The molecule has 1 aromatic rings. The molecule has 98 valence electrons. The molecule has 0 radical (unpaired) electrons. The van der Waals surface area contributed by atoms with Gasteiger partial charge in [-0.3, -0.25) is 10.1 Å². The summed E-state index contributed by atoms with van der Waals surface area (Å²) in [6, 6.07) is 3.37. The summed E-state index contributed by atoms with van der Waals surface area (Å²) in [4.78, 5) is 22.9. The van der Waals surface area contributed by atoms with E-state index in [1.807, 2.05) is 32.9 Å². The summed E-state index contributed by atoms with van der Waals surface area (Å²) in [6.45, 7) is 6.64. The zero-order valence-corrected chi connectivity index (χ0v) is 11.1. The highest BCUT2D eigenvalue weighted by atomic mass is 16.2. The Hall–Kier alpha value is -1.91. The van der Waals surface area contributed by atoms with E-state index in [0.29, 0.717) is 12.5 Å². The topological polar surface area (TPSA) is 62.1 Å². The van der Waals surface area contributed by atoms with Gasteiger partial charge in [-0.25, -0.2) is 4.79 Å². The molecule has 0 aliphatic rings. The van der Waals surface area contributed by atoms with Crippen molar-refractivity contribution in [2.45, 2.75) is 27.3 Å². The van der Waals surface area contributed by atoms with Crippen LogP contribution in [0.15, 0.2) is 24.5 Å². The van der Waals surface area contributed by atoms with Crippen LogP contribution in [0.2, 0.25) is 0 Å². The minimum atomic E-state index is -0.443. The molecule has 0 saturated carbocycles. The number of pyridine rings is 1. The molecule has 1 rings (SSSR count). The summed E-state index contributed by atoms with van der Waals surface area (Å²) in [5.74, 6) is 0.0300. The predicted octanol–water partition coefficient (Wildman–Crippen LogP) is 0.764. The van der Waals surface area contributed by atoms with Gasteiger partial charge in [0, 0.05) is 18.7 Å². The number of urea groups is 1. The van der Waals surface area contributed by atoms with Crippen LogP contribution in [0, 0.1) is 12.8 Å². The highest BCUT2D eigenvalue weighted by Crippen LogP contribution is 1.89. The van der Waals surface area contributed by atoms with Crippen LogP contribution in [0.25, 0.3) is 0 Å². The Morgan fingerprint density at radius 1 is 1.28 bits per heavy atom. The standard InChI is InChI=1S/C13H19N3O2/c1-10(2)8-14-13(18)15-12(17)9-16-6-4-11(3)5-7-16/h4-7,10H,8-9H2,1-3H3,(H-,14,15,17,18)/p+1. The van der Waals surface area contributed by atoms with Gasteiger partial charge in [0.25, 0.3) is 5.91 Å². The van der Waals surface area contributed by atoms with E-state index in [9.17, 15) is 9.59 Å². The van der Waals surface area contributed by atoms with Crippen molar-refractivity contribution in [3.63, 3.8) is 0 Å². The molecular formula is C13H20N3O2+. The maximum Gasteiger partial charge on any atom is 0.321 e. The number of hydrogen-bond donors (Lipinski definition) is 2. The zero-order valence-electron chi connectivity index (χ0n) is 11.1. The smallest absolute Gasteiger partial charge is 0.321 e. The van der Waals surface area contributed by atoms with Crippen LogP contribution in [-0.2, 0) is 11.3 Å². The molecule has 5 nitrogen and oxygen atoms in total. The molecule has 1 aromatic heterocycles. The van der Waals surface area contributed by atoms with Crippen LogP contribution in [-0.4, -0.2) is 18.5 Å². The number of aromatic nitrogens is 1. The lowest BCUT2D eigenvalue weighted by molar-refractivity contribution is -0.684. The van der Waals surface area contributed by atoms with Gasteiger partial charge in [0.15, 0.2) is 12.4 Å². The Kier molecular flexibility index (Phi) is 5.30. The third-order valence-electron chi connectivity index (χ3n) is 2.31. The van der Waals surface area contributed by atoms with E-state index in [1.54, 1.807) is 17.0 Å². The number of carbonyl (C=O) groups excluding carboxylic acids is 2. The maximum absolute atomic E-state index is 11.6.